The zero-order valence-corrected chi connectivity index (χ0v) is 22.1. The van der Waals surface area contributed by atoms with E-state index in [0.717, 1.165) is 17.6 Å². The van der Waals surface area contributed by atoms with Crippen molar-refractivity contribution in [1.29, 1.82) is 0 Å². The van der Waals surface area contributed by atoms with Crippen molar-refractivity contribution in [3.05, 3.63) is 73.8 Å². The van der Waals surface area contributed by atoms with E-state index in [1.165, 1.54) is 18.6 Å². The Labute approximate surface area is 222 Å². The van der Waals surface area contributed by atoms with Crippen molar-refractivity contribution < 1.29 is 27.6 Å². The number of rotatable bonds is 9. The second kappa shape index (κ2) is 11.1. The van der Waals surface area contributed by atoms with E-state index in [4.69, 9.17) is 27.4 Å². The molecule has 1 aliphatic carbocycles. The lowest BCUT2D eigenvalue weighted by atomic mass is 10.0. The quantitative estimate of drug-likeness (QED) is 0.259. The number of ketones is 1. The molecule has 2 heterocycles. The largest absolute Gasteiger partial charge is 0.393 e. The normalized spacial score (nSPS) is 20.9. The monoisotopic (exact) mass is 571 g/mol. The van der Waals surface area contributed by atoms with Crippen molar-refractivity contribution in [1.82, 2.24) is 9.97 Å². The number of aliphatic hydroxyl groups is 2. The summed E-state index contributed by atoms with van der Waals surface area (Å²) in [5.74, 6) is -0.492. The van der Waals surface area contributed by atoms with Gasteiger partial charge in [-0.1, -0.05) is 35.3 Å². The number of carbonyl (C=O) groups is 1. The van der Waals surface area contributed by atoms with E-state index in [2.05, 4.69) is 15.3 Å². The number of hydrogen-bond acceptors (Lipinski definition) is 10. The number of halogens is 2. The van der Waals surface area contributed by atoms with Crippen LogP contribution in [-0.2, 0) is 14.3 Å². The van der Waals surface area contributed by atoms with Crippen LogP contribution in [0.5, 0.6) is 0 Å². The van der Waals surface area contributed by atoms with E-state index in [9.17, 15) is 23.4 Å². The standard InChI is InChI=1S/C23H23Cl2N3O6S2/c1-36(32,33)34-10-13-6-15(7-18(13)29)28-23-17(9-26-11-27-23)21(31)19-8-16(22(25)35-19)20(30)12-3-2-4-14(24)5-12/h2-5,8-9,11,13,15,18,20,29-30H,6-7,10H2,1H3,(H,26,27,28)/t13-,15-,18+,20?/m1/s1. The molecule has 0 bridgehead atoms. The predicted octanol–water partition coefficient (Wildman–Crippen LogP) is 3.69. The lowest BCUT2D eigenvalue weighted by Gasteiger charge is -2.15. The van der Waals surface area contributed by atoms with Gasteiger partial charge in [0.25, 0.3) is 10.1 Å². The molecule has 1 aromatic carbocycles. The van der Waals surface area contributed by atoms with Gasteiger partial charge in [0.15, 0.2) is 0 Å². The molecule has 13 heteroatoms. The van der Waals surface area contributed by atoms with Gasteiger partial charge in [0, 0.05) is 28.7 Å². The number of benzene rings is 1. The van der Waals surface area contributed by atoms with Crippen LogP contribution in [0.3, 0.4) is 0 Å². The van der Waals surface area contributed by atoms with E-state index in [1.54, 1.807) is 24.3 Å². The van der Waals surface area contributed by atoms with Gasteiger partial charge in [-0.2, -0.15) is 8.42 Å². The summed E-state index contributed by atoms with van der Waals surface area (Å²) in [7, 11) is -3.62. The smallest absolute Gasteiger partial charge is 0.264 e. The Morgan fingerprint density at radius 1 is 1.31 bits per heavy atom. The summed E-state index contributed by atoms with van der Waals surface area (Å²) in [6.45, 7) is -0.126. The molecule has 192 valence electrons. The topological polar surface area (TPSA) is 139 Å². The average Bonchev–Trinajstić information content (AvgIpc) is 3.38. The maximum atomic E-state index is 13.4. The SMILES string of the molecule is CS(=O)(=O)OC[C@H]1C[C@@H](Nc2ncncc2C(=O)c2cc(C(O)c3cccc(Cl)c3)c(Cl)s2)C[C@@H]1O. The van der Waals surface area contributed by atoms with Crippen molar-refractivity contribution in [2.45, 2.75) is 31.1 Å². The minimum atomic E-state index is -3.62. The molecule has 36 heavy (non-hydrogen) atoms. The molecule has 0 spiro atoms. The Kier molecular flexibility index (Phi) is 8.30. The fourth-order valence-corrected chi connectivity index (χ4v) is 5.98. The van der Waals surface area contributed by atoms with Gasteiger partial charge in [0.2, 0.25) is 5.78 Å². The zero-order valence-electron chi connectivity index (χ0n) is 19.0. The second-order valence-corrected chi connectivity index (χ2v) is 12.3. The van der Waals surface area contributed by atoms with Gasteiger partial charge in [-0.25, -0.2) is 9.97 Å². The number of nitrogens with zero attached hydrogens (tertiary/aromatic N) is 2. The molecule has 3 N–H and O–H groups in total. The van der Waals surface area contributed by atoms with Crippen molar-refractivity contribution >= 4 is 56.3 Å². The highest BCUT2D eigenvalue weighted by Crippen LogP contribution is 2.37. The van der Waals surface area contributed by atoms with Crippen LogP contribution in [0.15, 0.2) is 42.9 Å². The van der Waals surface area contributed by atoms with Crippen molar-refractivity contribution in [3.8, 4) is 0 Å². The average molecular weight is 572 g/mol. The third kappa shape index (κ3) is 6.41. The number of aromatic nitrogens is 2. The molecule has 1 unspecified atom stereocenters. The fraction of sp³-hybridized carbons (Fsp3) is 0.348. The van der Waals surface area contributed by atoms with Crippen LogP contribution in [0.1, 0.15) is 45.3 Å². The number of thiophene rings is 1. The first kappa shape index (κ1) is 26.9. The molecular weight excluding hydrogens is 549 g/mol. The number of anilines is 1. The van der Waals surface area contributed by atoms with E-state index >= 15 is 0 Å². The Hall–Kier alpha value is -2.12. The van der Waals surface area contributed by atoms with Gasteiger partial charge in [0.1, 0.15) is 18.2 Å². The van der Waals surface area contributed by atoms with Crippen LogP contribution < -0.4 is 5.32 Å². The lowest BCUT2D eigenvalue weighted by Crippen LogP contribution is -2.20. The molecule has 1 saturated carbocycles. The molecule has 0 aliphatic heterocycles. The summed E-state index contributed by atoms with van der Waals surface area (Å²) in [5, 5.41) is 24.8. The molecule has 0 amide bonds. The summed E-state index contributed by atoms with van der Waals surface area (Å²) in [4.78, 5) is 21.8. The van der Waals surface area contributed by atoms with E-state index in [-0.39, 0.29) is 40.1 Å². The van der Waals surface area contributed by atoms with Gasteiger partial charge >= 0.3 is 0 Å². The van der Waals surface area contributed by atoms with E-state index in [1.807, 2.05) is 0 Å². The van der Waals surface area contributed by atoms with Crippen LogP contribution >= 0.6 is 34.5 Å². The number of carbonyl (C=O) groups excluding carboxylic acids is 1. The Bertz CT molecular complexity index is 1370. The molecule has 2 aromatic heterocycles. The molecule has 4 atom stereocenters. The summed E-state index contributed by atoms with van der Waals surface area (Å²) in [6.07, 6.45) is 2.56. The minimum Gasteiger partial charge on any atom is -0.393 e. The van der Waals surface area contributed by atoms with Crippen molar-refractivity contribution in [3.63, 3.8) is 0 Å². The van der Waals surface area contributed by atoms with Gasteiger partial charge in [-0.3, -0.25) is 8.98 Å². The Morgan fingerprint density at radius 2 is 2.08 bits per heavy atom. The van der Waals surface area contributed by atoms with Gasteiger partial charge < -0.3 is 15.5 Å². The van der Waals surface area contributed by atoms with Gasteiger partial charge in [-0.05, 0) is 36.6 Å². The molecular formula is C23H23Cl2N3O6S2. The van der Waals surface area contributed by atoms with Crippen molar-refractivity contribution in [2.24, 2.45) is 5.92 Å². The van der Waals surface area contributed by atoms with Crippen LogP contribution in [0.4, 0.5) is 5.82 Å². The number of aliphatic hydroxyl groups excluding tert-OH is 2. The highest BCUT2D eigenvalue weighted by atomic mass is 35.5. The maximum Gasteiger partial charge on any atom is 0.264 e. The second-order valence-electron chi connectivity index (χ2n) is 8.54. The molecule has 9 nitrogen and oxygen atoms in total. The summed E-state index contributed by atoms with van der Waals surface area (Å²) in [6, 6.07) is 8.01. The minimum absolute atomic E-state index is 0.126. The summed E-state index contributed by atoms with van der Waals surface area (Å²) < 4.78 is 27.7. The zero-order chi connectivity index (χ0) is 26.0. The fourth-order valence-electron chi connectivity index (χ4n) is 4.09. The van der Waals surface area contributed by atoms with Crippen LogP contribution in [0, 0.1) is 5.92 Å². The molecule has 4 rings (SSSR count). The molecule has 1 aliphatic rings. The first-order valence-electron chi connectivity index (χ1n) is 10.9. The highest BCUT2D eigenvalue weighted by Gasteiger charge is 2.35. The van der Waals surface area contributed by atoms with E-state index < -0.39 is 22.3 Å². The van der Waals surface area contributed by atoms with Crippen LogP contribution in [0.25, 0.3) is 0 Å². The molecule has 3 aromatic rings. The first-order chi connectivity index (χ1) is 17.0. The molecule has 0 saturated heterocycles. The lowest BCUT2D eigenvalue weighted by molar-refractivity contribution is 0.101. The van der Waals surface area contributed by atoms with E-state index in [0.29, 0.717) is 33.9 Å². The van der Waals surface area contributed by atoms with Crippen molar-refractivity contribution in [2.75, 3.05) is 18.2 Å². The Balaban J connectivity index is 1.51. The van der Waals surface area contributed by atoms with Crippen LogP contribution in [-0.4, -0.2) is 59.4 Å². The number of nitrogens with one attached hydrogen (secondary N) is 1. The van der Waals surface area contributed by atoms with Gasteiger partial charge in [-0.15, -0.1) is 11.3 Å². The molecule has 1 fully saturated rings. The van der Waals surface area contributed by atoms with Crippen LogP contribution in [0.2, 0.25) is 9.36 Å². The third-order valence-electron chi connectivity index (χ3n) is 5.85. The van der Waals surface area contributed by atoms with Gasteiger partial charge in [0.05, 0.1) is 33.7 Å². The Morgan fingerprint density at radius 3 is 2.81 bits per heavy atom. The summed E-state index contributed by atoms with van der Waals surface area (Å²) >= 11 is 13.4. The first-order valence-corrected chi connectivity index (χ1v) is 14.3. The maximum absolute atomic E-state index is 13.4. The predicted molar refractivity (Wildman–Crippen MR) is 137 cm³/mol. The number of hydrogen-bond donors (Lipinski definition) is 3. The third-order valence-corrected chi connectivity index (χ3v) is 8.03. The highest BCUT2D eigenvalue weighted by molar-refractivity contribution is 7.85. The summed E-state index contributed by atoms with van der Waals surface area (Å²) in [5.41, 5.74) is 1.12. The molecule has 0 radical (unpaired) electrons.